The second-order valence-electron chi connectivity index (χ2n) is 4.79. The monoisotopic (exact) mass is 293 g/mol. The van der Waals surface area contributed by atoms with Gasteiger partial charge in [-0.3, -0.25) is 4.68 Å². The zero-order valence-corrected chi connectivity index (χ0v) is 12.4. The molecule has 0 N–H and O–H groups in total. The summed E-state index contributed by atoms with van der Waals surface area (Å²) in [6, 6.07) is 8.61. The maximum Gasteiger partial charge on any atom is 0.100 e. The Morgan fingerprint density at radius 3 is 3.11 bits per heavy atom. The van der Waals surface area contributed by atoms with Crippen LogP contribution in [0, 0.1) is 0 Å². The Kier molecular flexibility index (Phi) is 3.80. The second-order valence-corrected chi connectivity index (χ2v) is 6.66. The predicted molar refractivity (Wildman–Crippen MR) is 78.7 cm³/mol. The van der Waals surface area contributed by atoms with Crippen LogP contribution in [0.2, 0.25) is 0 Å². The van der Waals surface area contributed by atoms with Crippen LogP contribution in [-0.4, -0.2) is 20.2 Å². The van der Waals surface area contributed by atoms with Crippen LogP contribution in [0.25, 0.3) is 0 Å². The summed E-state index contributed by atoms with van der Waals surface area (Å²) >= 11 is 8.11. The zero-order valence-electron chi connectivity index (χ0n) is 10.8. The van der Waals surface area contributed by atoms with Crippen molar-refractivity contribution in [2.45, 2.75) is 41.8 Å². The molecule has 1 aromatic carbocycles. The first-order valence-corrected chi connectivity index (χ1v) is 7.86. The molecular weight excluding hydrogens is 278 g/mol. The molecule has 2 heterocycles. The molecule has 0 radical (unpaired) electrons. The van der Waals surface area contributed by atoms with Gasteiger partial charge in [0.2, 0.25) is 0 Å². The maximum atomic E-state index is 6.17. The topological polar surface area (TPSA) is 30.7 Å². The molecule has 0 fully saturated rings. The molecule has 0 saturated heterocycles. The number of alkyl halides is 1. The lowest BCUT2D eigenvalue weighted by atomic mass is 10.1. The van der Waals surface area contributed by atoms with E-state index < -0.39 is 0 Å². The van der Waals surface area contributed by atoms with Crippen molar-refractivity contribution in [2.75, 3.05) is 0 Å². The van der Waals surface area contributed by atoms with Crippen LogP contribution >= 0.6 is 23.4 Å². The SMILES string of the molecule is CCC(Cl)c1cn(CC2Cc3ccccc3S2)nn1. The summed E-state index contributed by atoms with van der Waals surface area (Å²) in [5.74, 6) is 0. The van der Waals surface area contributed by atoms with Crippen LogP contribution in [0.5, 0.6) is 0 Å². The summed E-state index contributed by atoms with van der Waals surface area (Å²) in [5.41, 5.74) is 2.33. The van der Waals surface area contributed by atoms with Crippen LogP contribution in [0.4, 0.5) is 0 Å². The summed E-state index contributed by atoms with van der Waals surface area (Å²) in [5, 5.41) is 8.85. The number of aromatic nitrogens is 3. The van der Waals surface area contributed by atoms with Crippen molar-refractivity contribution in [1.82, 2.24) is 15.0 Å². The molecule has 100 valence electrons. The van der Waals surface area contributed by atoms with Gasteiger partial charge in [-0.25, -0.2) is 0 Å². The lowest BCUT2D eigenvalue weighted by Gasteiger charge is -2.07. The van der Waals surface area contributed by atoms with Gasteiger partial charge in [0.25, 0.3) is 0 Å². The van der Waals surface area contributed by atoms with Crippen LogP contribution in [0.15, 0.2) is 35.4 Å². The highest BCUT2D eigenvalue weighted by Crippen LogP contribution is 2.37. The van der Waals surface area contributed by atoms with Gasteiger partial charge in [-0.05, 0) is 24.5 Å². The van der Waals surface area contributed by atoms with E-state index in [0.29, 0.717) is 5.25 Å². The number of hydrogen-bond donors (Lipinski definition) is 0. The average molecular weight is 294 g/mol. The lowest BCUT2D eigenvalue weighted by molar-refractivity contribution is 0.572. The fourth-order valence-electron chi connectivity index (χ4n) is 2.32. The number of hydrogen-bond acceptors (Lipinski definition) is 3. The largest absolute Gasteiger partial charge is 0.251 e. The average Bonchev–Trinajstić information content (AvgIpc) is 3.04. The molecule has 0 saturated carbocycles. The van der Waals surface area contributed by atoms with Crippen molar-refractivity contribution in [1.29, 1.82) is 0 Å². The van der Waals surface area contributed by atoms with Crippen molar-refractivity contribution in [2.24, 2.45) is 0 Å². The minimum atomic E-state index is -0.0258. The van der Waals surface area contributed by atoms with Crippen LogP contribution in [-0.2, 0) is 13.0 Å². The Hall–Kier alpha value is -1.00. The predicted octanol–water partition coefficient (Wildman–Crippen LogP) is 3.69. The van der Waals surface area contributed by atoms with Gasteiger partial charge in [-0.1, -0.05) is 30.3 Å². The first-order chi connectivity index (χ1) is 9.26. The van der Waals surface area contributed by atoms with Crippen molar-refractivity contribution >= 4 is 23.4 Å². The second kappa shape index (κ2) is 5.55. The molecule has 5 heteroatoms. The van der Waals surface area contributed by atoms with Gasteiger partial charge in [0.15, 0.2) is 0 Å². The third kappa shape index (κ3) is 2.79. The van der Waals surface area contributed by atoms with Gasteiger partial charge in [0, 0.05) is 16.3 Å². The van der Waals surface area contributed by atoms with Crippen LogP contribution in [0.3, 0.4) is 0 Å². The highest BCUT2D eigenvalue weighted by molar-refractivity contribution is 8.00. The maximum absolute atomic E-state index is 6.17. The third-order valence-corrected chi connectivity index (χ3v) is 5.17. The molecule has 2 unspecified atom stereocenters. The lowest BCUT2D eigenvalue weighted by Crippen LogP contribution is -2.12. The van der Waals surface area contributed by atoms with Crippen LogP contribution < -0.4 is 0 Å². The molecule has 0 bridgehead atoms. The van der Waals surface area contributed by atoms with E-state index >= 15 is 0 Å². The molecule has 0 amide bonds. The normalized spacial score (nSPS) is 19.4. The summed E-state index contributed by atoms with van der Waals surface area (Å²) in [6.45, 7) is 2.94. The minimum Gasteiger partial charge on any atom is -0.251 e. The standard InChI is InChI=1S/C14H16ClN3S/c1-2-12(15)13-9-18(17-16-13)8-11-7-10-5-3-4-6-14(10)19-11/h3-6,9,11-12H,2,7-8H2,1H3. The molecular formula is C14H16ClN3S. The van der Waals surface area contributed by atoms with Crippen LogP contribution in [0.1, 0.15) is 30.0 Å². The van der Waals surface area contributed by atoms with Gasteiger partial charge in [-0.2, -0.15) is 0 Å². The third-order valence-electron chi connectivity index (χ3n) is 3.34. The Bertz CT molecular complexity index is 544. The molecule has 3 rings (SSSR count). The van der Waals surface area contributed by atoms with E-state index in [2.05, 4.69) is 41.5 Å². The molecule has 1 aliphatic heterocycles. The number of nitrogens with zero attached hydrogens (tertiary/aromatic N) is 3. The molecule has 0 spiro atoms. The summed E-state index contributed by atoms with van der Waals surface area (Å²) in [7, 11) is 0. The highest BCUT2D eigenvalue weighted by atomic mass is 35.5. The summed E-state index contributed by atoms with van der Waals surface area (Å²) in [6.07, 6.45) is 3.96. The zero-order chi connectivity index (χ0) is 13.2. The van der Waals surface area contributed by atoms with Gasteiger partial charge in [0.1, 0.15) is 5.69 Å². The Morgan fingerprint density at radius 1 is 1.47 bits per heavy atom. The number of fused-ring (bicyclic) bond motifs is 1. The fraction of sp³-hybridized carbons (Fsp3) is 0.429. The number of halogens is 1. The van der Waals surface area contributed by atoms with Crippen molar-refractivity contribution in [3.63, 3.8) is 0 Å². The summed E-state index contributed by atoms with van der Waals surface area (Å²) < 4.78 is 1.92. The molecule has 1 aromatic heterocycles. The molecule has 2 aromatic rings. The van der Waals surface area contributed by atoms with E-state index in [1.807, 2.05) is 22.6 Å². The van der Waals surface area contributed by atoms with Gasteiger partial charge < -0.3 is 0 Å². The fourth-order valence-corrected chi connectivity index (χ4v) is 3.73. The Morgan fingerprint density at radius 2 is 2.32 bits per heavy atom. The first-order valence-electron chi connectivity index (χ1n) is 6.55. The minimum absolute atomic E-state index is 0.0258. The van der Waals surface area contributed by atoms with Crippen molar-refractivity contribution in [3.8, 4) is 0 Å². The Labute approximate surface area is 122 Å². The quantitative estimate of drug-likeness (QED) is 0.806. The van der Waals surface area contributed by atoms with E-state index in [1.54, 1.807) is 0 Å². The molecule has 2 atom stereocenters. The molecule has 1 aliphatic rings. The number of thioether (sulfide) groups is 1. The van der Waals surface area contributed by atoms with E-state index in [4.69, 9.17) is 11.6 Å². The van der Waals surface area contributed by atoms with E-state index in [1.165, 1.54) is 10.5 Å². The van der Waals surface area contributed by atoms with Gasteiger partial charge in [-0.15, -0.1) is 28.5 Å². The number of benzene rings is 1. The Balaban J connectivity index is 1.66. The molecule has 3 nitrogen and oxygen atoms in total. The van der Waals surface area contributed by atoms with Crippen molar-refractivity contribution in [3.05, 3.63) is 41.7 Å². The summed E-state index contributed by atoms with van der Waals surface area (Å²) in [4.78, 5) is 1.40. The van der Waals surface area contributed by atoms with Gasteiger partial charge >= 0.3 is 0 Å². The van der Waals surface area contributed by atoms with E-state index in [-0.39, 0.29) is 5.38 Å². The highest BCUT2D eigenvalue weighted by Gasteiger charge is 2.22. The van der Waals surface area contributed by atoms with Gasteiger partial charge in [0.05, 0.1) is 11.9 Å². The first kappa shape index (κ1) is 13.0. The van der Waals surface area contributed by atoms with Crippen molar-refractivity contribution < 1.29 is 0 Å². The van der Waals surface area contributed by atoms with E-state index in [9.17, 15) is 0 Å². The molecule has 19 heavy (non-hydrogen) atoms. The molecule has 0 aliphatic carbocycles. The van der Waals surface area contributed by atoms with E-state index in [0.717, 1.165) is 25.1 Å². The number of rotatable bonds is 4. The smallest absolute Gasteiger partial charge is 0.100 e.